The van der Waals surface area contributed by atoms with Gasteiger partial charge in [-0.25, -0.2) is 8.78 Å². The Morgan fingerprint density at radius 1 is 0.844 bits per heavy atom. The lowest BCUT2D eigenvalue weighted by atomic mass is 9.58. The molecule has 4 aliphatic heterocycles. The fraction of sp³-hybridized carbons (Fsp3) is 0.650. The second-order valence-corrected chi connectivity index (χ2v) is 28.5. The molecule has 3 aromatic carbocycles. The standard InChI is InChI=1S/C25H24F2N4O3.C25H38N2O3.C14H23NO.C14H28.C2H6/c1-3-16-19(26)7-6-13-9-15(33)10-17(20(13)16)22-21(27)23-18(11-28-22)24(30-25(29-23)34-2)31-8-4-5-14(32)12-31;1-6-9-19(11-10-17(4)7-2)20-12-13-21(18(5)16-20)27(24(29)8-3)22-14-15-23(28)26-25(22)30;1-11(12-4-2-5-12)16-10-14-8-7-13-6-3-9-15(13)14;1-5-8-14(10-13(4)11-14)9-7-12(3)6-2;1-2/h6-7,9-11,14,32-33H,3-5,8,12H2,1-2H3;12-13,16-17,19,22H,6-11,14-15H2,1-5H3,(H,26,28,30);13-14H,2-10H2,1H3;12-13H,5-11H2,1-4H3;1-2H3. The van der Waals surface area contributed by atoms with Gasteiger partial charge in [0.05, 0.1) is 24.4 Å². The third kappa shape index (κ3) is 19.6. The number of piperidine rings is 2. The van der Waals surface area contributed by atoms with E-state index in [-0.39, 0.29) is 52.7 Å². The normalized spacial score (nSPS) is 22.2. The number of fused-ring (bicyclic) bond motifs is 3. The van der Waals surface area contributed by atoms with E-state index >= 15 is 4.39 Å². The second kappa shape index (κ2) is 37.1. The van der Waals surface area contributed by atoms with Gasteiger partial charge in [0.15, 0.2) is 5.82 Å². The molecule has 2 aromatic heterocycles. The van der Waals surface area contributed by atoms with Crippen LogP contribution in [-0.2, 0) is 25.5 Å². The molecule has 530 valence electrons. The van der Waals surface area contributed by atoms with Gasteiger partial charge in [0, 0.05) is 55.5 Å². The van der Waals surface area contributed by atoms with Crippen LogP contribution in [0.2, 0.25) is 0 Å². The molecule has 16 heteroatoms. The highest BCUT2D eigenvalue weighted by Crippen LogP contribution is 2.52. The van der Waals surface area contributed by atoms with Gasteiger partial charge in [-0.05, 0) is 216 Å². The molecule has 14 nitrogen and oxygen atoms in total. The van der Waals surface area contributed by atoms with E-state index in [0.717, 1.165) is 66.3 Å². The van der Waals surface area contributed by atoms with Crippen molar-refractivity contribution in [2.75, 3.05) is 43.2 Å². The van der Waals surface area contributed by atoms with Gasteiger partial charge in [0.2, 0.25) is 17.7 Å². The van der Waals surface area contributed by atoms with Crippen molar-refractivity contribution in [2.45, 2.75) is 281 Å². The Bertz CT molecular complexity index is 3380. The zero-order valence-electron chi connectivity index (χ0n) is 61.1. The first-order valence-corrected chi connectivity index (χ1v) is 37.3. The number of hydrogen-bond donors (Lipinski definition) is 3. The van der Waals surface area contributed by atoms with Gasteiger partial charge in [0.1, 0.15) is 41.2 Å². The summed E-state index contributed by atoms with van der Waals surface area (Å²) in [6, 6.07) is 13.1. The average molecular weight is 1330 g/mol. The molecule has 2 aliphatic carbocycles. The predicted octanol–water partition coefficient (Wildman–Crippen LogP) is 18.8. The van der Waals surface area contributed by atoms with Crippen molar-refractivity contribution in [3.8, 4) is 23.0 Å². The third-order valence-electron chi connectivity index (χ3n) is 21.6. The van der Waals surface area contributed by atoms with Crippen molar-refractivity contribution < 1.29 is 42.9 Å². The molecule has 11 rings (SSSR count). The number of phenolic OH excluding ortho intramolecular Hbond substituents is 1. The number of pyridine rings is 1. The first-order chi connectivity index (χ1) is 46.2. The van der Waals surface area contributed by atoms with Crippen LogP contribution < -0.4 is 19.9 Å². The molecule has 6 fully saturated rings. The summed E-state index contributed by atoms with van der Waals surface area (Å²) in [5.74, 6) is 2.91. The first kappa shape index (κ1) is 77.1. The Morgan fingerprint density at radius 3 is 2.20 bits per heavy atom. The summed E-state index contributed by atoms with van der Waals surface area (Å²) in [6.07, 6.45) is 29.4. The number of nitrogens with zero attached hydrogens (tertiary/aromatic N) is 6. The van der Waals surface area contributed by atoms with Crippen LogP contribution in [0.1, 0.15) is 260 Å². The van der Waals surface area contributed by atoms with Crippen molar-refractivity contribution in [1.29, 1.82) is 0 Å². The zero-order chi connectivity index (χ0) is 69.8. The third-order valence-corrected chi connectivity index (χ3v) is 21.6. The molecule has 7 unspecified atom stereocenters. The van der Waals surface area contributed by atoms with Crippen LogP contribution in [-0.4, -0.2) is 105 Å². The van der Waals surface area contributed by atoms with E-state index in [0.29, 0.717) is 78.3 Å². The highest BCUT2D eigenvalue weighted by Gasteiger charge is 2.41. The van der Waals surface area contributed by atoms with E-state index in [4.69, 9.17) is 9.47 Å². The summed E-state index contributed by atoms with van der Waals surface area (Å²) in [4.78, 5) is 56.0. The Labute approximate surface area is 574 Å². The number of phenols is 1. The number of aliphatic hydroxyl groups excluding tert-OH is 1. The molecule has 0 spiro atoms. The summed E-state index contributed by atoms with van der Waals surface area (Å²) in [7, 11) is 1.40. The smallest absolute Gasteiger partial charge is 0.318 e. The molecule has 7 atom stereocenters. The number of aromatic nitrogens is 3. The first-order valence-electron chi connectivity index (χ1n) is 37.3. The fourth-order valence-electron chi connectivity index (χ4n) is 15.7. The molecule has 3 N–H and O–H groups in total. The molecule has 0 radical (unpaired) electrons. The second-order valence-electron chi connectivity index (χ2n) is 28.5. The van der Waals surface area contributed by atoms with Gasteiger partial charge in [-0.2, -0.15) is 9.97 Å². The molecular formula is C80H119F2N7O7. The summed E-state index contributed by atoms with van der Waals surface area (Å²) < 4.78 is 41.9. The Hall–Kier alpha value is -6.26. The molecule has 3 amide bonds. The summed E-state index contributed by atoms with van der Waals surface area (Å²) in [6.45, 7) is 31.3. The number of nitrogens with one attached hydrogen (secondary N) is 1. The van der Waals surface area contributed by atoms with Gasteiger partial charge < -0.3 is 24.6 Å². The van der Waals surface area contributed by atoms with E-state index in [2.05, 4.69) is 92.7 Å². The van der Waals surface area contributed by atoms with Crippen molar-refractivity contribution in [3.05, 3.63) is 88.3 Å². The molecular weight excluding hydrogens is 1210 g/mol. The quantitative estimate of drug-likeness (QED) is 0.0418. The molecule has 4 saturated heterocycles. The number of amides is 3. The predicted molar refractivity (Wildman–Crippen MR) is 388 cm³/mol. The van der Waals surface area contributed by atoms with Gasteiger partial charge in [0.25, 0.3) is 0 Å². The highest BCUT2D eigenvalue weighted by atomic mass is 19.1. The molecule has 6 aliphatic rings. The van der Waals surface area contributed by atoms with E-state index in [1.807, 2.05) is 38.7 Å². The van der Waals surface area contributed by atoms with Crippen LogP contribution in [0, 0.1) is 41.7 Å². The Balaban J connectivity index is 0.000000190. The van der Waals surface area contributed by atoms with Crippen LogP contribution in [0.4, 0.5) is 20.3 Å². The number of imide groups is 1. The number of aliphatic hydroxyl groups is 1. The van der Waals surface area contributed by atoms with Crippen LogP contribution in [0.15, 0.2) is 60.0 Å². The minimum Gasteiger partial charge on any atom is -0.508 e. The highest BCUT2D eigenvalue weighted by molar-refractivity contribution is 6.07. The van der Waals surface area contributed by atoms with Crippen molar-refractivity contribution in [2.24, 2.45) is 23.2 Å². The maximum absolute atomic E-state index is 16.0. The minimum absolute atomic E-state index is 0.00198. The Kier molecular flexibility index (Phi) is 29.8. The van der Waals surface area contributed by atoms with Crippen molar-refractivity contribution in [3.63, 3.8) is 0 Å². The number of halogens is 2. The molecule has 2 saturated carbocycles. The molecule has 5 aromatic rings. The lowest BCUT2D eigenvalue weighted by Crippen LogP contribution is -2.54. The SMILES string of the molecule is CC.CC(OCC1CCC2CCCN21)=C1CCC1.CCCC(CCC(C)CC)c1ccc(N(C(=O)CC)C2CCC(=O)NC2=O)c(C)c1.CCCC1(CCC(C)CC)CC(C)C1.CCc1c(F)ccc2cc(O)cc(-c3ncc4c(N5CCCC(O)C5)nc(OC)nc4c3F)c12. The Morgan fingerprint density at radius 2 is 1.57 bits per heavy atom. The maximum atomic E-state index is 16.0. The van der Waals surface area contributed by atoms with Gasteiger partial charge >= 0.3 is 6.01 Å². The average Bonchev–Trinajstić information content (AvgIpc) is 0.768. The number of carbonyl (C=O) groups is 3. The van der Waals surface area contributed by atoms with Crippen molar-refractivity contribution >= 4 is 50.9 Å². The summed E-state index contributed by atoms with van der Waals surface area (Å²) in [5.41, 5.74) is 6.06. The van der Waals surface area contributed by atoms with E-state index < -0.39 is 23.8 Å². The van der Waals surface area contributed by atoms with Gasteiger partial charge in [-0.15, -0.1) is 0 Å². The number of β-amino-alcohol motifs (C(OH)–C–C–N with tert-alkyl or cyclic N) is 1. The number of allylic oxidation sites excluding steroid dienone is 2. The molecule has 96 heavy (non-hydrogen) atoms. The van der Waals surface area contributed by atoms with Gasteiger partial charge in [-0.1, -0.05) is 133 Å². The van der Waals surface area contributed by atoms with Crippen molar-refractivity contribution in [1.82, 2.24) is 25.2 Å². The maximum Gasteiger partial charge on any atom is 0.318 e. The monoisotopic (exact) mass is 1330 g/mol. The largest absolute Gasteiger partial charge is 0.508 e. The lowest BCUT2D eigenvalue weighted by Gasteiger charge is -2.47. The van der Waals surface area contributed by atoms with E-state index in [9.17, 15) is 29.0 Å². The van der Waals surface area contributed by atoms with E-state index in [1.54, 1.807) is 23.5 Å². The minimum atomic E-state index is -0.727. The summed E-state index contributed by atoms with van der Waals surface area (Å²) >= 11 is 0. The number of ether oxygens (including phenoxy) is 2. The zero-order valence-corrected chi connectivity index (χ0v) is 61.1. The van der Waals surface area contributed by atoms with Gasteiger partial charge in [-0.3, -0.25) is 34.5 Å². The topological polar surface area (TPSA) is 171 Å². The number of aryl methyl sites for hydroxylation is 2. The lowest BCUT2D eigenvalue weighted by molar-refractivity contribution is -0.135. The number of benzene rings is 3. The number of methoxy groups -OCH3 is 1. The van der Waals surface area contributed by atoms with Crippen LogP contribution in [0.3, 0.4) is 0 Å². The van der Waals surface area contributed by atoms with Crippen LogP contribution in [0.25, 0.3) is 32.9 Å². The summed E-state index contributed by atoms with van der Waals surface area (Å²) in [5, 5.41) is 24.3. The number of anilines is 2. The van der Waals surface area contributed by atoms with Crippen LogP contribution >= 0.6 is 0 Å². The molecule has 6 heterocycles. The van der Waals surface area contributed by atoms with Crippen LogP contribution in [0.5, 0.6) is 11.8 Å². The molecule has 0 bridgehead atoms. The number of hydrogen-bond acceptors (Lipinski definition) is 12. The number of aromatic hydroxyl groups is 1. The fourth-order valence-corrected chi connectivity index (χ4v) is 15.7. The number of rotatable bonds is 23. The number of carbonyl (C=O) groups excluding carboxylic acids is 3. The van der Waals surface area contributed by atoms with E-state index in [1.165, 1.54) is 159 Å².